The number of para-hydroxylation sites is 1. The van der Waals surface area contributed by atoms with Crippen LogP contribution in [-0.4, -0.2) is 39.8 Å². The Labute approximate surface area is 184 Å². The van der Waals surface area contributed by atoms with Gasteiger partial charge in [-0.25, -0.2) is 17.2 Å². The summed E-state index contributed by atoms with van der Waals surface area (Å²) < 4.78 is 63.3. The van der Waals surface area contributed by atoms with Crippen LogP contribution in [0.25, 0.3) is 0 Å². The van der Waals surface area contributed by atoms with Gasteiger partial charge in [0.15, 0.2) is 18.2 Å². The topological polar surface area (TPSA) is 93.7 Å². The van der Waals surface area contributed by atoms with Gasteiger partial charge in [-0.05, 0) is 24.3 Å². The number of sulfonamides is 1. The van der Waals surface area contributed by atoms with E-state index >= 15 is 0 Å². The second-order valence-electron chi connectivity index (χ2n) is 6.27. The molecular weight excluding hydrogens is 454 g/mol. The monoisotopic (exact) mass is 474 g/mol. The predicted octanol–water partition coefficient (Wildman–Crippen LogP) is 3.02. The van der Waals surface area contributed by atoms with Gasteiger partial charge in [-0.15, -0.1) is 0 Å². The zero-order valence-electron chi connectivity index (χ0n) is 16.4. The Morgan fingerprint density at radius 1 is 1.10 bits per heavy atom. The van der Waals surface area contributed by atoms with E-state index in [4.69, 9.17) is 21.1 Å². The van der Waals surface area contributed by atoms with Gasteiger partial charge in [0.05, 0.1) is 5.02 Å². The van der Waals surface area contributed by atoms with E-state index in [1.807, 2.05) is 0 Å². The van der Waals surface area contributed by atoms with Crippen LogP contribution in [0.4, 0.5) is 8.78 Å². The summed E-state index contributed by atoms with van der Waals surface area (Å²) in [6.07, 6.45) is 0.134. The number of hydrogen-bond donors (Lipinski definition) is 2. The fourth-order valence-electron chi connectivity index (χ4n) is 2.26. The van der Waals surface area contributed by atoms with E-state index in [1.54, 1.807) is 6.07 Å². The molecule has 1 amide bonds. The van der Waals surface area contributed by atoms with Crippen LogP contribution in [0.1, 0.15) is 6.42 Å². The van der Waals surface area contributed by atoms with Crippen molar-refractivity contribution >= 4 is 27.5 Å². The quantitative estimate of drug-likeness (QED) is 0.493. The molecule has 0 bridgehead atoms. The van der Waals surface area contributed by atoms with Crippen molar-refractivity contribution in [2.75, 3.05) is 25.5 Å². The number of ether oxygens (including phenoxy) is 2. The molecule has 2 aromatic carbocycles. The van der Waals surface area contributed by atoms with Crippen LogP contribution in [0.2, 0.25) is 5.02 Å². The fraction of sp³-hybridized carbons (Fsp3) is 0.250. The third-order valence-corrected chi connectivity index (χ3v) is 5.37. The molecule has 31 heavy (non-hydrogen) atoms. The van der Waals surface area contributed by atoms with Crippen LogP contribution in [-0.2, 0) is 14.8 Å². The third-order valence-electron chi connectivity index (χ3n) is 3.76. The lowest BCUT2D eigenvalue weighted by Crippen LogP contribution is -2.32. The molecule has 0 saturated heterocycles. The molecule has 0 atom stereocenters. The van der Waals surface area contributed by atoms with Gasteiger partial charge < -0.3 is 14.8 Å². The van der Waals surface area contributed by atoms with Crippen LogP contribution in [0, 0.1) is 11.6 Å². The van der Waals surface area contributed by atoms with Crippen LogP contribution in [0.15, 0.2) is 54.7 Å². The lowest BCUT2D eigenvalue weighted by molar-refractivity contribution is -0.123. The molecule has 168 valence electrons. The minimum atomic E-state index is -3.75. The largest absolute Gasteiger partial charge is 0.489 e. The number of benzene rings is 2. The van der Waals surface area contributed by atoms with Crippen LogP contribution in [0.3, 0.4) is 0 Å². The van der Waals surface area contributed by atoms with Gasteiger partial charge in [-0.3, -0.25) is 9.52 Å². The molecule has 0 aliphatic heterocycles. The number of carbonyl (C=O) groups excluding carboxylic acids is 1. The van der Waals surface area contributed by atoms with E-state index in [9.17, 15) is 22.0 Å². The van der Waals surface area contributed by atoms with E-state index in [2.05, 4.69) is 16.6 Å². The van der Waals surface area contributed by atoms with E-state index in [0.717, 1.165) is 6.07 Å². The Hall–Kier alpha value is -2.85. The van der Waals surface area contributed by atoms with Gasteiger partial charge in [0.25, 0.3) is 5.91 Å². The first kappa shape index (κ1) is 24.4. The first-order valence-electron chi connectivity index (χ1n) is 9.06. The summed E-state index contributed by atoms with van der Waals surface area (Å²) in [7, 11) is -3.75. The Kier molecular flexibility index (Phi) is 9.07. The summed E-state index contributed by atoms with van der Waals surface area (Å²) in [6, 6.07) is 9.45. The van der Waals surface area contributed by atoms with E-state index in [-0.39, 0.29) is 48.4 Å². The van der Waals surface area contributed by atoms with E-state index in [1.165, 1.54) is 30.3 Å². The van der Waals surface area contributed by atoms with Crippen molar-refractivity contribution in [3.63, 3.8) is 0 Å². The highest BCUT2D eigenvalue weighted by molar-refractivity contribution is 7.89. The molecule has 0 aliphatic carbocycles. The van der Waals surface area contributed by atoms with Crippen molar-refractivity contribution < 1.29 is 31.5 Å². The van der Waals surface area contributed by atoms with Crippen molar-refractivity contribution in [3.05, 3.63) is 71.4 Å². The molecule has 2 aromatic rings. The molecule has 2 N–H and O–H groups in total. The van der Waals surface area contributed by atoms with Gasteiger partial charge in [0, 0.05) is 24.7 Å². The summed E-state index contributed by atoms with van der Waals surface area (Å²) in [5, 5.41) is 2.46. The third kappa shape index (κ3) is 8.81. The van der Waals surface area contributed by atoms with Crippen LogP contribution >= 0.6 is 11.6 Å². The summed E-state index contributed by atoms with van der Waals surface area (Å²) in [5.74, 6) is -2.03. The Morgan fingerprint density at radius 2 is 1.84 bits per heavy atom. The molecule has 11 heteroatoms. The summed E-state index contributed by atoms with van der Waals surface area (Å²) >= 11 is 5.56. The minimum Gasteiger partial charge on any atom is -0.489 e. The Bertz CT molecular complexity index is 1030. The van der Waals surface area contributed by atoms with Gasteiger partial charge in [-0.2, -0.15) is 0 Å². The number of rotatable bonds is 12. The van der Waals surface area contributed by atoms with Crippen LogP contribution < -0.4 is 19.5 Å². The first-order chi connectivity index (χ1) is 14.7. The zero-order chi connectivity index (χ0) is 22.9. The molecule has 0 spiro atoms. The number of carbonyl (C=O) groups is 1. The zero-order valence-corrected chi connectivity index (χ0v) is 17.9. The van der Waals surface area contributed by atoms with Gasteiger partial charge in [-0.1, -0.05) is 30.3 Å². The number of nitrogens with one attached hydrogen (secondary N) is 2. The summed E-state index contributed by atoms with van der Waals surface area (Å²) in [4.78, 5) is 11.8. The average molecular weight is 475 g/mol. The standard InChI is InChI=1S/C20H21ClF2N2O5S/c1-14(25-31(27,28)11-10-29-19-5-3-2-4-17(19)22)8-9-24-20(26)13-30-15-6-7-16(21)18(23)12-15/h2-7,12,25H,1,8-11,13H2,(H,24,26). The average Bonchev–Trinajstić information content (AvgIpc) is 2.70. The first-order valence-corrected chi connectivity index (χ1v) is 11.1. The predicted molar refractivity (Wildman–Crippen MR) is 112 cm³/mol. The fourth-order valence-corrected chi connectivity index (χ4v) is 3.33. The molecular formula is C20H21ClF2N2O5S. The Morgan fingerprint density at radius 3 is 2.55 bits per heavy atom. The molecule has 2 rings (SSSR count). The molecule has 0 heterocycles. The molecule has 0 radical (unpaired) electrons. The lowest BCUT2D eigenvalue weighted by Gasteiger charge is -2.12. The van der Waals surface area contributed by atoms with Gasteiger partial charge in [0.2, 0.25) is 10.0 Å². The maximum Gasteiger partial charge on any atom is 0.257 e. The highest BCUT2D eigenvalue weighted by Crippen LogP contribution is 2.20. The number of hydrogen-bond acceptors (Lipinski definition) is 5. The van der Waals surface area contributed by atoms with Gasteiger partial charge >= 0.3 is 0 Å². The number of halogens is 3. The Balaban J connectivity index is 1.65. The van der Waals surface area contributed by atoms with Crippen molar-refractivity contribution in [1.82, 2.24) is 10.0 Å². The minimum absolute atomic E-state index is 0.0391. The van der Waals surface area contributed by atoms with E-state index in [0.29, 0.717) is 0 Å². The lowest BCUT2D eigenvalue weighted by atomic mass is 10.3. The second kappa shape index (κ2) is 11.5. The summed E-state index contributed by atoms with van der Waals surface area (Å²) in [6.45, 7) is 3.10. The highest BCUT2D eigenvalue weighted by Gasteiger charge is 2.13. The maximum atomic E-state index is 13.4. The van der Waals surface area contributed by atoms with Crippen LogP contribution in [0.5, 0.6) is 11.5 Å². The highest BCUT2D eigenvalue weighted by atomic mass is 35.5. The SMILES string of the molecule is C=C(CCNC(=O)COc1ccc(Cl)c(F)c1)NS(=O)(=O)CCOc1ccccc1F. The molecule has 0 saturated carbocycles. The molecule has 0 aromatic heterocycles. The molecule has 0 fully saturated rings. The molecule has 0 unspecified atom stereocenters. The normalized spacial score (nSPS) is 10.9. The summed E-state index contributed by atoms with van der Waals surface area (Å²) in [5.41, 5.74) is 0.159. The van der Waals surface area contributed by atoms with Crippen molar-refractivity contribution in [3.8, 4) is 11.5 Å². The molecule has 7 nitrogen and oxygen atoms in total. The van der Waals surface area contributed by atoms with Crippen molar-refractivity contribution in [2.24, 2.45) is 0 Å². The molecule has 0 aliphatic rings. The van der Waals surface area contributed by atoms with Gasteiger partial charge in [0.1, 0.15) is 23.9 Å². The maximum absolute atomic E-state index is 13.4. The van der Waals surface area contributed by atoms with E-state index < -0.39 is 33.3 Å². The van der Waals surface area contributed by atoms with Crippen molar-refractivity contribution in [1.29, 1.82) is 0 Å². The smallest absolute Gasteiger partial charge is 0.257 e. The number of amides is 1. The second-order valence-corrected chi connectivity index (χ2v) is 8.52. The van der Waals surface area contributed by atoms with Crippen molar-refractivity contribution in [2.45, 2.75) is 6.42 Å².